The van der Waals surface area contributed by atoms with Gasteiger partial charge in [-0.05, 0) is 54.3 Å². The number of imide groups is 2. The monoisotopic (exact) mass is 576 g/mol. The van der Waals surface area contributed by atoms with E-state index >= 15 is 0 Å². The molecule has 2 aromatic rings. The SMILES string of the molecule is CS(=O)(=O)N(Cc1ccc(C=C2C(=O)NC(=O)NC2=O)cc1)C1CCN(C(=O)c2ccc(OC(F)F)cc2)CC1. The van der Waals surface area contributed by atoms with Crippen molar-refractivity contribution in [3.05, 3.63) is 70.8 Å². The average molecular weight is 577 g/mol. The molecule has 0 saturated carbocycles. The third kappa shape index (κ3) is 7.07. The van der Waals surface area contributed by atoms with Gasteiger partial charge < -0.3 is 9.64 Å². The highest BCUT2D eigenvalue weighted by atomic mass is 32.2. The van der Waals surface area contributed by atoms with Gasteiger partial charge in [0, 0.05) is 31.2 Å². The summed E-state index contributed by atoms with van der Waals surface area (Å²) in [5, 5.41) is 3.98. The average Bonchev–Trinajstić information content (AvgIpc) is 2.89. The highest BCUT2D eigenvalue weighted by molar-refractivity contribution is 7.88. The molecule has 2 fully saturated rings. The van der Waals surface area contributed by atoms with Crippen LogP contribution in [-0.4, -0.2) is 73.4 Å². The Bertz CT molecular complexity index is 1410. The van der Waals surface area contributed by atoms with E-state index in [9.17, 15) is 36.4 Å². The van der Waals surface area contributed by atoms with E-state index in [2.05, 4.69) is 4.74 Å². The van der Waals surface area contributed by atoms with Crippen LogP contribution in [0.15, 0.2) is 54.1 Å². The lowest BCUT2D eigenvalue weighted by Crippen LogP contribution is -2.51. The van der Waals surface area contributed by atoms with E-state index in [1.165, 1.54) is 34.6 Å². The molecule has 0 aromatic heterocycles. The summed E-state index contributed by atoms with van der Waals surface area (Å²) in [6.07, 6.45) is 3.24. The Hall–Kier alpha value is -4.17. The van der Waals surface area contributed by atoms with Crippen LogP contribution in [0.2, 0.25) is 0 Å². The topological polar surface area (TPSA) is 142 Å². The van der Waals surface area contributed by atoms with Gasteiger partial charge in [0.2, 0.25) is 10.0 Å². The first kappa shape index (κ1) is 28.8. The summed E-state index contributed by atoms with van der Waals surface area (Å²) in [5.74, 6) is -1.98. The van der Waals surface area contributed by atoms with Crippen molar-refractivity contribution in [1.82, 2.24) is 19.8 Å². The molecule has 2 aliphatic heterocycles. The van der Waals surface area contributed by atoms with Crippen molar-refractivity contribution in [2.45, 2.75) is 32.0 Å². The standard InChI is InChI=1S/C26H26F2N4O7S/c1-40(37,38)32(15-17-4-2-16(3-5-17)14-21-22(33)29-26(36)30-23(21)34)19-10-12-31(13-11-19)24(35)18-6-8-20(9-7-18)39-25(27)28/h2-9,14,19,25H,10-13,15H2,1H3,(H2,29,30,33,34,36). The Morgan fingerprint density at radius 3 is 2.12 bits per heavy atom. The lowest BCUT2D eigenvalue weighted by Gasteiger charge is -2.37. The van der Waals surface area contributed by atoms with Crippen molar-refractivity contribution >= 4 is 39.9 Å². The number of carbonyl (C=O) groups is 4. The summed E-state index contributed by atoms with van der Waals surface area (Å²) in [6, 6.07) is 10.7. The number of nitrogens with one attached hydrogen (secondary N) is 2. The first-order valence-electron chi connectivity index (χ1n) is 12.2. The van der Waals surface area contributed by atoms with Crippen LogP contribution < -0.4 is 15.4 Å². The van der Waals surface area contributed by atoms with E-state index in [0.717, 1.165) is 6.26 Å². The second-order valence-corrected chi connectivity index (χ2v) is 11.2. The number of ether oxygens (including phenoxy) is 1. The number of sulfonamides is 1. The van der Waals surface area contributed by atoms with Crippen LogP contribution in [0.5, 0.6) is 5.75 Å². The maximum absolute atomic E-state index is 12.9. The summed E-state index contributed by atoms with van der Waals surface area (Å²) in [7, 11) is -3.61. The number of likely N-dealkylation sites (tertiary alicyclic amines) is 1. The Kier molecular flexibility index (Phi) is 8.59. The van der Waals surface area contributed by atoms with Gasteiger partial charge >= 0.3 is 12.6 Å². The molecule has 0 aliphatic carbocycles. The number of piperidine rings is 1. The van der Waals surface area contributed by atoms with Crippen LogP contribution in [-0.2, 0) is 26.2 Å². The molecule has 11 nitrogen and oxygen atoms in total. The third-order valence-corrected chi connectivity index (χ3v) is 7.76. The van der Waals surface area contributed by atoms with E-state index in [0.29, 0.717) is 42.6 Å². The number of hydrogen-bond donors (Lipinski definition) is 2. The quantitative estimate of drug-likeness (QED) is 0.362. The second-order valence-electron chi connectivity index (χ2n) is 9.27. The number of nitrogens with zero attached hydrogens (tertiary/aromatic N) is 2. The number of rotatable bonds is 8. The van der Waals surface area contributed by atoms with Gasteiger partial charge in [0.15, 0.2) is 0 Å². The molecule has 212 valence electrons. The molecule has 2 heterocycles. The molecule has 2 N–H and O–H groups in total. The van der Waals surface area contributed by atoms with Gasteiger partial charge in [-0.15, -0.1) is 0 Å². The molecule has 0 unspecified atom stereocenters. The maximum atomic E-state index is 12.9. The Morgan fingerprint density at radius 2 is 1.60 bits per heavy atom. The highest BCUT2D eigenvalue weighted by Gasteiger charge is 2.32. The predicted molar refractivity (Wildman–Crippen MR) is 138 cm³/mol. The maximum Gasteiger partial charge on any atom is 0.387 e. The second kappa shape index (κ2) is 11.9. The minimum Gasteiger partial charge on any atom is -0.435 e. The number of urea groups is 1. The van der Waals surface area contributed by atoms with Crippen LogP contribution in [0.3, 0.4) is 0 Å². The fourth-order valence-corrected chi connectivity index (χ4v) is 5.64. The van der Waals surface area contributed by atoms with E-state index in [1.54, 1.807) is 29.2 Å². The first-order chi connectivity index (χ1) is 18.9. The summed E-state index contributed by atoms with van der Waals surface area (Å²) >= 11 is 0. The number of amides is 5. The molecule has 2 aromatic carbocycles. The molecule has 5 amide bonds. The number of barbiturate groups is 1. The lowest BCUT2D eigenvalue weighted by atomic mass is 10.0. The molecule has 40 heavy (non-hydrogen) atoms. The van der Waals surface area contributed by atoms with Gasteiger partial charge in [0.25, 0.3) is 17.7 Å². The summed E-state index contributed by atoms with van der Waals surface area (Å²) in [4.78, 5) is 49.5. The highest BCUT2D eigenvalue weighted by Crippen LogP contribution is 2.24. The van der Waals surface area contributed by atoms with E-state index < -0.39 is 34.5 Å². The molecule has 4 rings (SSSR count). The molecule has 0 radical (unpaired) electrons. The van der Waals surface area contributed by atoms with Gasteiger partial charge in [-0.2, -0.15) is 13.1 Å². The van der Waals surface area contributed by atoms with Gasteiger partial charge in [-0.3, -0.25) is 25.0 Å². The minimum atomic E-state index is -3.61. The van der Waals surface area contributed by atoms with Gasteiger partial charge in [0.05, 0.1) is 6.26 Å². The lowest BCUT2D eigenvalue weighted by molar-refractivity contribution is -0.123. The number of hydrogen-bond acceptors (Lipinski definition) is 7. The molecule has 2 saturated heterocycles. The van der Waals surface area contributed by atoms with Crippen molar-refractivity contribution in [2.75, 3.05) is 19.3 Å². The molecule has 14 heteroatoms. The fraction of sp³-hybridized carbons (Fsp3) is 0.308. The summed E-state index contributed by atoms with van der Waals surface area (Å²) in [6.45, 7) is -2.27. The van der Waals surface area contributed by atoms with Crippen LogP contribution in [0.1, 0.15) is 34.3 Å². The smallest absolute Gasteiger partial charge is 0.387 e. The molecular formula is C26H26F2N4O7S. The molecule has 0 atom stereocenters. The van der Waals surface area contributed by atoms with Crippen molar-refractivity contribution in [1.29, 1.82) is 0 Å². The Labute approximate surface area is 228 Å². The minimum absolute atomic E-state index is 0.0554. The first-order valence-corrected chi connectivity index (χ1v) is 14.0. The van der Waals surface area contributed by atoms with Crippen molar-refractivity contribution in [3.63, 3.8) is 0 Å². The summed E-state index contributed by atoms with van der Waals surface area (Å²) in [5.41, 5.74) is 1.25. The third-order valence-electron chi connectivity index (χ3n) is 6.48. The predicted octanol–water partition coefficient (Wildman–Crippen LogP) is 2.10. The van der Waals surface area contributed by atoms with E-state index in [1.807, 2.05) is 10.6 Å². The van der Waals surface area contributed by atoms with Crippen molar-refractivity contribution < 1.29 is 41.1 Å². The zero-order valence-electron chi connectivity index (χ0n) is 21.3. The van der Waals surface area contributed by atoms with Crippen molar-refractivity contribution in [3.8, 4) is 5.75 Å². The zero-order chi connectivity index (χ0) is 29.0. The van der Waals surface area contributed by atoms with Gasteiger partial charge in [0.1, 0.15) is 11.3 Å². The largest absolute Gasteiger partial charge is 0.435 e. The Morgan fingerprint density at radius 1 is 1.02 bits per heavy atom. The molecule has 0 bridgehead atoms. The van der Waals surface area contributed by atoms with Crippen LogP contribution in [0, 0.1) is 0 Å². The van der Waals surface area contributed by atoms with Crippen molar-refractivity contribution in [2.24, 2.45) is 0 Å². The number of benzene rings is 2. The Balaban J connectivity index is 1.39. The zero-order valence-corrected chi connectivity index (χ0v) is 22.1. The van der Waals surface area contributed by atoms with Gasteiger partial charge in [-0.25, -0.2) is 13.2 Å². The van der Waals surface area contributed by atoms with E-state index in [4.69, 9.17) is 0 Å². The number of alkyl halides is 2. The molecule has 0 spiro atoms. The summed E-state index contributed by atoms with van der Waals surface area (Å²) < 4.78 is 55.7. The molecular weight excluding hydrogens is 550 g/mol. The number of halogens is 2. The van der Waals surface area contributed by atoms with Crippen LogP contribution >= 0.6 is 0 Å². The van der Waals surface area contributed by atoms with Crippen LogP contribution in [0.4, 0.5) is 13.6 Å². The fourth-order valence-electron chi connectivity index (χ4n) is 4.51. The normalized spacial score (nSPS) is 16.7. The number of carbonyl (C=O) groups excluding carboxylic acids is 4. The molecule has 2 aliphatic rings. The van der Waals surface area contributed by atoms with Gasteiger partial charge in [-0.1, -0.05) is 24.3 Å². The van der Waals surface area contributed by atoms with E-state index in [-0.39, 0.29) is 29.8 Å². The van der Waals surface area contributed by atoms with Crippen LogP contribution in [0.25, 0.3) is 6.08 Å².